The summed E-state index contributed by atoms with van der Waals surface area (Å²) in [5.74, 6) is -5.83. The average Bonchev–Trinajstić information content (AvgIpc) is 2.88. The minimum Gasteiger partial charge on any atom is -0.294 e. The fourth-order valence-corrected chi connectivity index (χ4v) is 4.70. The molecule has 2 unspecified atom stereocenters. The lowest BCUT2D eigenvalue weighted by Gasteiger charge is -2.27. The van der Waals surface area contributed by atoms with Gasteiger partial charge in [0, 0.05) is 0 Å². The van der Waals surface area contributed by atoms with Crippen LogP contribution < -0.4 is 0 Å². The second-order valence-corrected chi connectivity index (χ2v) is 13.4. The van der Waals surface area contributed by atoms with Gasteiger partial charge in [-0.1, -0.05) is 27.7 Å². The first kappa shape index (κ1) is 36.3. The van der Waals surface area contributed by atoms with Crippen LogP contribution in [0.15, 0.2) is 48.6 Å². The Balaban J connectivity index is 3.82. The number of hydrogen-bond donors (Lipinski definition) is 0. The number of carbonyl (C=O) groups excluding carboxylic acids is 8. The maximum atomic E-state index is 13.3. The van der Waals surface area contributed by atoms with Gasteiger partial charge in [-0.25, -0.2) is 0 Å². The van der Waals surface area contributed by atoms with Gasteiger partial charge < -0.3 is 0 Å². The Labute approximate surface area is 248 Å². The van der Waals surface area contributed by atoms with Crippen molar-refractivity contribution in [2.45, 2.75) is 82.1 Å². The summed E-state index contributed by atoms with van der Waals surface area (Å²) in [7, 11) is 0. The molecule has 2 atom stereocenters. The molecule has 8 nitrogen and oxygen atoms in total. The summed E-state index contributed by atoms with van der Waals surface area (Å²) in [6.07, 6.45) is 7.79. The maximum Gasteiger partial charge on any atom is 0.169 e. The molecule has 228 valence electrons. The second-order valence-electron chi connectivity index (χ2n) is 13.4. The Morgan fingerprint density at radius 3 is 0.714 bits per heavy atom. The Morgan fingerprint density at radius 1 is 0.381 bits per heavy atom. The van der Waals surface area contributed by atoms with Crippen molar-refractivity contribution >= 4 is 46.3 Å². The van der Waals surface area contributed by atoms with Crippen molar-refractivity contribution < 1.29 is 38.4 Å². The van der Waals surface area contributed by atoms with Crippen molar-refractivity contribution in [3.05, 3.63) is 48.6 Å². The summed E-state index contributed by atoms with van der Waals surface area (Å²) in [6, 6.07) is 0. The van der Waals surface area contributed by atoms with E-state index in [1.54, 1.807) is 0 Å². The zero-order chi connectivity index (χ0) is 32.8. The number of carbonyl (C=O) groups is 8. The van der Waals surface area contributed by atoms with Gasteiger partial charge >= 0.3 is 0 Å². The summed E-state index contributed by atoms with van der Waals surface area (Å²) in [5, 5.41) is 0. The molecule has 0 fully saturated rings. The Bertz CT molecular complexity index is 1110. The van der Waals surface area contributed by atoms with E-state index in [2.05, 4.69) is 0 Å². The molecule has 0 amide bonds. The Kier molecular flexibility index (Phi) is 11.7. The average molecular weight is 581 g/mol. The van der Waals surface area contributed by atoms with Crippen molar-refractivity contribution in [3.63, 3.8) is 0 Å². The summed E-state index contributed by atoms with van der Waals surface area (Å²) < 4.78 is 0. The molecule has 0 aromatic heterocycles. The fraction of sp³-hybridized carbons (Fsp3) is 0.529. The van der Waals surface area contributed by atoms with Crippen LogP contribution in [-0.2, 0) is 38.4 Å². The highest BCUT2D eigenvalue weighted by molar-refractivity contribution is 6.23. The SMILES string of the molecule is CC(C)CC1(C)C(=O)/C=C\C(=O)C(C)(C)C(=O)/C=C/C(=O)C(C)(CC(C)C)C(=O)/C=C/C(=O)C(C)(C)C(=O)/C=C/C1=O. The molecule has 0 aromatic rings. The first-order valence-electron chi connectivity index (χ1n) is 14.1. The monoisotopic (exact) mass is 580 g/mol. The van der Waals surface area contributed by atoms with Gasteiger partial charge in [-0.05, 0) is 115 Å². The molecule has 0 N–H and O–H groups in total. The van der Waals surface area contributed by atoms with Crippen LogP contribution in [0.25, 0.3) is 0 Å². The highest BCUT2D eigenvalue weighted by atomic mass is 16.2. The minimum atomic E-state index is -1.66. The molecule has 1 aliphatic carbocycles. The lowest BCUT2D eigenvalue weighted by Crippen LogP contribution is -2.38. The molecule has 42 heavy (non-hydrogen) atoms. The van der Waals surface area contributed by atoms with Crippen molar-refractivity contribution in [1.82, 2.24) is 0 Å². The molecule has 0 saturated heterocycles. The summed E-state index contributed by atoms with van der Waals surface area (Å²) in [6.45, 7) is 15.4. The van der Waals surface area contributed by atoms with Gasteiger partial charge in [-0.15, -0.1) is 0 Å². The van der Waals surface area contributed by atoms with Crippen LogP contribution in [0.3, 0.4) is 0 Å². The van der Waals surface area contributed by atoms with Crippen LogP contribution in [0.4, 0.5) is 0 Å². The van der Waals surface area contributed by atoms with Crippen molar-refractivity contribution in [3.8, 4) is 0 Å². The molecule has 8 heteroatoms. The zero-order valence-corrected chi connectivity index (χ0v) is 26.5. The van der Waals surface area contributed by atoms with E-state index in [0.29, 0.717) is 0 Å². The van der Waals surface area contributed by atoms with Gasteiger partial charge in [0.05, 0.1) is 21.7 Å². The first-order valence-corrected chi connectivity index (χ1v) is 14.1. The largest absolute Gasteiger partial charge is 0.294 e. The van der Waals surface area contributed by atoms with E-state index in [4.69, 9.17) is 0 Å². The number of rotatable bonds is 4. The number of allylic oxidation sites excluding steroid dienone is 8. The predicted octanol–water partition coefficient (Wildman–Crippen LogP) is 4.93. The third kappa shape index (κ3) is 8.20. The lowest BCUT2D eigenvalue weighted by atomic mass is 9.73. The lowest BCUT2D eigenvalue weighted by molar-refractivity contribution is -0.137. The first-order chi connectivity index (χ1) is 19.0. The highest BCUT2D eigenvalue weighted by Gasteiger charge is 2.42. The third-order valence-corrected chi connectivity index (χ3v) is 7.82. The molecule has 0 radical (unpaired) electrons. The molecule has 0 aliphatic heterocycles. The van der Waals surface area contributed by atoms with Gasteiger partial charge in [0.25, 0.3) is 0 Å². The predicted molar refractivity (Wildman–Crippen MR) is 159 cm³/mol. The molecular weight excluding hydrogens is 536 g/mol. The van der Waals surface area contributed by atoms with Crippen molar-refractivity contribution in [2.24, 2.45) is 33.5 Å². The summed E-state index contributed by atoms with van der Waals surface area (Å²) >= 11 is 0. The van der Waals surface area contributed by atoms with Crippen molar-refractivity contribution in [2.75, 3.05) is 0 Å². The van der Waals surface area contributed by atoms with E-state index in [1.807, 2.05) is 27.7 Å². The van der Waals surface area contributed by atoms with E-state index in [9.17, 15) is 38.4 Å². The smallest absolute Gasteiger partial charge is 0.169 e. The van der Waals surface area contributed by atoms with Crippen molar-refractivity contribution in [1.29, 1.82) is 0 Å². The molecule has 1 aliphatic rings. The Hall–Kier alpha value is -3.68. The van der Waals surface area contributed by atoms with E-state index >= 15 is 0 Å². The fourth-order valence-electron chi connectivity index (χ4n) is 4.70. The zero-order valence-electron chi connectivity index (χ0n) is 26.5. The third-order valence-electron chi connectivity index (χ3n) is 7.82. The molecule has 0 spiro atoms. The van der Waals surface area contributed by atoms with Crippen LogP contribution in [0.2, 0.25) is 0 Å². The molecule has 1 rings (SSSR count). The van der Waals surface area contributed by atoms with Crippen LogP contribution in [0, 0.1) is 33.5 Å². The van der Waals surface area contributed by atoms with Crippen LogP contribution in [0.1, 0.15) is 82.1 Å². The molecule has 0 heterocycles. The van der Waals surface area contributed by atoms with Gasteiger partial charge in [0.2, 0.25) is 0 Å². The number of hydrogen-bond acceptors (Lipinski definition) is 8. The molecular formula is C34H44O8. The standard InChI is InChI=1S/C34H44O8/c1-21(2)19-33(9)27(39)15-11-23(35)31(5,6)25(37)13-17-29(41)34(10,20-22(3)4)30(42)18-14-26(38)32(7,8)24(36)12-16-28(33)40/h11-18,21-22H,19-20H2,1-10H3/b15-11-,16-12+,17-13+,18-14+. The summed E-state index contributed by atoms with van der Waals surface area (Å²) in [5.41, 5.74) is -6.56. The minimum absolute atomic E-state index is 0.107. The van der Waals surface area contributed by atoms with Gasteiger partial charge in [-0.3, -0.25) is 38.4 Å². The van der Waals surface area contributed by atoms with Crippen LogP contribution >= 0.6 is 0 Å². The van der Waals surface area contributed by atoms with Gasteiger partial charge in [0.15, 0.2) is 46.3 Å². The van der Waals surface area contributed by atoms with E-state index < -0.39 is 67.9 Å². The highest BCUT2D eigenvalue weighted by Crippen LogP contribution is 2.32. The molecule has 0 aromatic carbocycles. The van der Waals surface area contributed by atoms with Gasteiger partial charge in [-0.2, -0.15) is 0 Å². The number of ketones is 8. The van der Waals surface area contributed by atoms with E-state index in [1.165, 1.54) is 41.5 Å². The van der Waals surface area contributed by atoms with E-state index in [-0.39, 0.29) is 24.7 Å². The van der Waals surface area contributed by atoms with Crippen LogP contribution in [0.5, 0.6) is 0 Å². The molecule has 0 saturated carbocycles. The van der Waals surface area contributed by atoms with Crippen LogP contribution in [-0.4, -0.2) is 46.3 Å². The summed E-state index contributed by atoms with van der Waals surface area (Å²) in [4.78, 5) is 105. The topological polar surface area (TPSA) is 137 Å². The Morgan fingerprint density at radius 2 is 0.548 bits per heavy atom. The quantitative estimate of drug-likeness (QED) is 0.427. The van der Waals surface area contributed by atoms with Gasteiger partial charge in [0.1, 0.15) is 0 Å². The second kappa shape index (κ2) is 13.5. The normalized spacial score (nSPS) is 29.6. The maximum absolute atomic E-state index is 13.3. The van der Waals surface area contributed by atoms with E-state index in [0.717, 1.165) is 48.6 Å². The molecule has 0 bridgehead atoms.